The molecular weight excluding hydrogens is 204 g/mol. The Balaban J connectivity index is 4.70. The van der Waals surface area contributed by atoms with Crippen molar-refractivity contribution in [3.63, 3.8) is 0 Å². The predicted octanol–water partition coefficient (Wildman–Crippen LogP) is -0.711. The molecule has 0 aromatic heterocycles. The molecule has 0 aliphatic heterocycles. The van der Waals surface area contributed by atoms with E-state index in [1.165, 1.54) is 0 Å². The van der Waals surface area contributed by atoms with Gasteiger partial charge in [-0.1, -0.05) is 0 Å². The Morgan fingerprint density at radius 2 is 1.21 bits per heavy atom. The number of carboxylic acids is 2. The zero-order chi connectivity index (χ0) is 11.1. The maximum Gasteiger partial charge on any atom is 0.352 e. The van der Waals surface area contributed by atoms with Crippen molar-refractivity contribution in [2.75, 3.05) is 0 Å². The quantitative estimate of drug-likeness (QED) is 0.410. The minimum atomic E-state index is -2.23. The summed E-state index contributed by atoms with van der Waals surface area (Å²) in [6.07, 6.45) is -4.47. The third kappa shape index (κ3) is 3.00. The topological polar surface area (TPSA) is 152 Å². The van der Waals surface area contributed by atoms with Crippen LogP contribution in [0.15, 0.2) is 10.7 Å². The van der Waals surface area contributed by atoms with Crippen LogP contribution in [0.5, 0.6) is 0 Å². The molecule has 0 bridgehead atoms. The largest absolute Gasteiger partial charge is 0.478 e. The molecule has 0 spiro atoms. The second-order valence-electron chi connectivity index (χ2n) is 1.88. The summed E-state index contributed by atoms with van der Waals surface area (Å²) in [4.78, 5) is 47.0. The van der Waals surface area contributed by atoms with Crippen LogP contribution >= 0.6 is 0 Å². The molecule has 0 rings (SSSR count). The van der Waals surface area contributed by atoms with Crippen LogP contribution in [0.4, 0.5) is 0 Å². The molecule has 78 valence electrons. The molecule has 0 amide bonds. The average molecular weight is 208 g/mol. The molecule has 0 aromatic carbocycles. The van der Waals surface area contributed by atoms with E-state index in [4.69, 9.17) is 10.2 Å². The van der Waals surface area contributed by atoms with Gasteiger partial charge in [-0.25, -0.2) is 9.59 Å². The molecule has 0 aromatic rings. The number of hydrogen-bond donors (Lipinski definition) is 2. The Hall–Kier alpha value is -2.26. The minimum absolute atomic E-state index is 1.72. The lowest BCUT2D eigenvalue weighted by Crippen LogP contribution is -2.41. The smallest absolute Gasteiger partial charge is 0.352 e. The van der Waals surface area contributed by atoms with Crippen molar-refractivity contribution >= 4 is 11.9 Å². The first kappa shape index (κ1) is 11.7. The van der Waals surface area contributed by atoms with E-state index >= 15 is 0 Å². The Labute approximate surface area is 75.3 Å². The minimum Gasteiger partial charge on any atom is -0.478 e. The van der Waals surface area contributed by atoms with Gasteiger partial charge in [0.25, 0.3) is 12.2 Å². The molecule has 0 fully saturated rings. The van der Waals surface area contributed by atoms with Crippen LogP contribution in [0.2, 0.25) is 0 Å². The van der Waals surface area contributed by atoms with Crippen LogP contribution < -0.4 is 0 Å². The molecule has 0 saturated heterocycles. The van der Waals surface area contributed by atoms with Crippen LogP contribution in [-0.4, -0.2) is 34.4 Å². The lowest BCUT2D eigenvalue weighted by molar-refractivity contribution is -0.177. The Morgan fingerprint density at radius 1 is 0.929 bits per heavy atom. The molecule has 2 N–H and O–H groups in total. The van der Waals surface area contributed by atoms with E-state index in [-0.39, 0.29) is 0 Å². The number of carboxylic acid groups (broad SMARTS) is 2. The lowest BCUT2D eigenvalue weighted by Gasteiger charge is -2.12. The Bertz CT molecular complexity index is 226. The zero-order valence-corrected chi connectivity index (χ0v) is 6.39. The number of carbonyl (C=O) groups is 2. The van der Waals surface area contributed by atoms with Gasteiger partial charge >= 0.3 is 11.9 Å². The SMILES string of the molecule is O=NOC(C(=O)O)C(ON=O)C(=O)O. The van der Waals surface area contributed by atoms with Crippen LogP contribution in [-0.2, 0) is 19.3 Å². The summed E-state index contributed by atoms with van der Waals surface area (Å²) in [6.45, 7) is 0. The van der Waals surface area contributed by atoms with Gasteiger partial charge in [0.2, 0.25) is 0 Å². The van der Waals surface area contributed by atoms with Gasteiger partial charge in [-0.15, -0.1) is 9.81 Å². The fourth-order valence-corrected chi connectivity index (χ4v) is 0.552. The monoisotopic (exact) mass is 208 g/mol. The standard InChI is InChI=1S/C4H4N2O8/c7-3(8)1(13-5-11)2(4(9)10)14-6-12/h1-2H,(H,7,8)(H,9,10). The summed E-state index contributed by atoms with van der Waals surface area (Å²) < 4.78 is 0. The lowest BCUT2D eigenvalue weighted by atomic mass is 10.2. The maximum absolute atomic E-state index is 10.3. The molecule has 0 saturated carbocycles. The van der Waals surface area contributed by atoms with E-state index < -0.39 is 24.1 Å². The van der Waals surface area contributed by atoms with Crippen LogP contribution in [0.25, 0.3) is 0 Å². The van der Waals surface area contributed by atoms with E-state index in [1.807, 2.05) is 0 Å². The number of nitrogens with zero attached hydrogens (tertiary/aromatic N) is 2. The van der Waals surface area contributed by atoms with Crippen molar-refractivity contribution in [2.45, 2.75) is 12.2 Å². The fraction of sp³-hybridized carbons (Fsp3) is 0.500. The highest BCUT2D eigenvalue weighted by molar-refractivity contribution is 5.83. The van der Waals surface area contributed by atoms with Crippen LogP contribution in [0, 0.1) is 9.81 Å². The van der Waals surface area contributed by atoms with Gasteiger partial charge in [-0.05, 0) is 0 Å². The summed E-state index contributed by atoms with van der Waals surface area (Å²) in [5.41, 5.74) is 0. The number of hydrogen-bond acceptors (Lipinski definition) is 8. The Kier molecular flexibility index (Phi) is 4.53. The van der Waals surface area contributed by atoms with Gasteiger partial charge in [-0.3, -0.25) is 0 Å². The van der Waals surface area contributed by atoms with Crippen molar-refractivity contribution in [3.05, 3.63) is 9.81 Å². The molecule has 14 heavy (non-hydrogen) atoms. The van der Waals surface area contributed by atoms with E-state index in [0.717, 1.165) is 0 Å². The molecule has 0 aliphatic carbocycles. The van der Waals surface area contributed by atoms with E-state index in [1.54, 1.807) is 10.7 Å². The highest BCUT2D eigenvalue weighted by Gasteiger charge is 2.40. The van der Waals surface area contributed by atoms with Crippen molar-refractivity contribution in [3.8, 4) is 0 Å². The van der Waals surface area contributed by atoms with Crippen LogP contribution in [0.1, 0.15) is 0 Å². The Morgan fingerprint density at radius 3 is 1.36 bits per heavy atom. The van der Waals surface area contributed by atoms with Crippen molar-refractivity contribution < 1.29 is 29.5 Å². The highest BCUT2D eigenvalue weighted by atomic mass is 16.8. The first-order valence-corrected chi connectivity index (χ1v) is 2.97. The summed E-state index contributed by atoms with van der Waals surface area (Å²) in [5, 5.41) is 20.1. The first-order valence-electron chi connectivity index (χ1n) is 2.97. The zero-order valence-electron chi connectivity index (χ0n) is 6.39. The second-order valence-corrected chi connectivity index (χ2v) is 1.88. The predicted molar refractivity (Wildman–Crippen MR) is 36.6 cm³/mol. The van der Waals surface area contributed by atoms with Crippen LogP contribution in [0.3, 0.4) is 0 Å². The molecule has 2 atom stereocenters. The highest BCUT2D eigenvalue weighted by Crippen LogP contribution is 2.06. The second kappa shape index (κ2) is 5.40. The molecule has 0 heterocycles. The van der Waals surface area contributed by atoms with E-state index in [9.17, 15) is 19.4 Å². The van der Waals surface area contributed by atoms with Gasteiger partial charge in [0.05, 0.1) is 0 Å². The summed E-state index contributed by atoms with van der Waals surface area (Å²) >= 11 is 0. The summed E-state index contributed by atoms with van der Waals surface area (Å²) in [7, 11) is 0. The average Bonchev–Trinajstić information content (AvgIpc) is 2.10. The molecule has 0 aliphatic rings. The van der Waals surface area contributed by atoms with Gasteiger partial charge in [0.1, 0.15) is 0 Å². The molecule has 10 nitrogen and oxygen atoms in total. The third-order valence-corrected chi connectivity index (χ3v) is 1.07. The molecule has 0 radical (unpaired) electrons. The number of aliphatic carboxylic acids is 2. The van der Waals surface area contributed by atoms with E-state index in [2.05, 4.69) is 9.68 Å². The molecule has 10 heteroatoms. The van der Waals surface area contributed by atoms with E-state index in [0.29, 0.717) is 0 Å². The van der Waals surface area contributed by atoms with Crippen molar-refractivity contribution in [1.82, 2.24) is 0 Å². The summed E-state index contributed by atoms with van der Waals surface area (Å²) in [5.74, 6) is -3.67. The molecular formula is C4H4N2O8. The van der Waals surface area contributed by atoms with Crippen molar-refractivity contribution in [1.29, 1.82) is 0 Å². The van der Waals surface area contributed by atoms with Crippen molar-refractivity contribution in [2.24, 2.45) is 10.7 Å². The van der Waals surface area contributed by atoms with Gasteiger partial charge < -0.3 is 19.9 Å². The maximum atomic E-state index is 10.3. The van der Waals surface area contributed by atoms with Gasteiger partial charge in [0, 0.05) is 0 Å². The normalized spacial score (nSPS) is 13.4. The van der Waals surface area contributed by atoms with Gasteiger partial charge in [-0.2, -0.15) is 0 Å². The third-order valence-electron chi connectivity index (χ3n) is 1.07. The summed E-state index contributed by atoms with van der Waals surface area (Å²) in [6, 6.07) is 0. The fourth-order valence-electron chi connectivity index (χ4n) is 0.552. The first-order chi connectivity index (χ1) is 6.54. The van der Waals surface area contributed by atoms with Gasteiger partial charge in [0.15, 0.2) is 10.7 Å². The number of rotatable bonds is 7. The molecule has 2 unspecified atom stereocenters.